The first kappa shape index (κ1) is 16.4. The van der Waals surface area contributed by atoms with E-state index < -0.39 is 16.0 Å². The summed E-state index contributed by atoms with van der Waals surface area (Å²) in [7, 11) is -0.375. The smallest absolute Gasteiger partial charge is 0.348 e. The number of ether oxygens (including phenoxy) is 1. The largest absolute Gasteiger partial charge is 0.465 e. The van der Waals surface area contributed by atoms with Crippen LogP contribution in [0.5, 0.6) is 0 Å². The average Bonchev–Trinajstić information content (AvgIpc) is 2.97. The van der Waals surface area contributed by atoms with E-state index in [0.29, 0.717) is 23.9 Å². The number of rotatable bonds is 5. The second-order valence-electron chi connectivity index (χ2n) is 5.07. The van der Waals surface area contributed by atoms with Crippen molar-refractivity contribution in [3.05, 3.63) is 16.3 Å². The van der Waals surface area contributed by atoms with Gasteiger partial charge in [-0.25, -0.2) is 13.2 Å². The van der Waals surface area contributed by atoms with Crippen LogP contribution in [0.2, 0.25) is 0 Å². The topological polar surface area (TPSA) is 75.7 Å². The molecule has 0 radical (unpaired) electrons. The number of esters is 1. The Morgan fingerprint density at radius 2 is 2.33 bits per heavy atom. The first-order chi connectivity index (χ1) is 9.98. The molecule has 0 aromatic carbocycles. The molecule has 0 amide bonds. The lowest BCUT2D eigenvalue weighted by atomic mass is 10.00. The van der Waals surface area contributed by atoms with Gasteiger partial charge in [-0.1, -0.05) is 0 Å². The number of sulfonamides is 1. The predicted molar refractivity (Wildman–Crippen MR) is 81.1 cm³/mol. The summed E-state index contributed by atoms with van der Waals surface area (Å²) < 4.78 is 31.4. The van der Waals surface area contributed by atoms with Gasteiger partial charge in [-0.2, -0.15) is 4.31 Å². The lowest BCUT2D eigenvalue weighted by Crippen LogP contribution is -2.42. The maximum absolute atomic E-state index is 12.6. The molecule has 1 unspecified atom stereocenters. The van der Waals surface area contributed by atoms with Crippen molar-refractivity contribution in [2.24, 2.45) is 5.92 Å². The molecule has 1 aromatic rings. The Balaban J connectivity index is 2.17. The van der Waals surface area contributed by atoms with E-state index in [1.54, 1.807) is 0 Å². The van der Waals surface area contributed by atoms with Gasteiger partial charge >= 0.3 is 5.97 Å². The monoisotopic (exact) mass is 332 g/mol. The van der Waals surface area contributed by atoms with Crippen LogP contribution in [0.4, 0.5) is 0 Å². The van der Waals surface area contributed by atoms with Gasteiger partial charge in [-0.15, -0.1) is 11.3 Å². The van der Waals surface area contributed by atoms with Crippen LogP contribution in [0.1, 0.15) is 22.5 Å². The lowest BCUT2D eigenvalue weighted by molar-refractivity contribution is 0.0606. The van der Waals surface area contributed by atoms with Crippen molar-refractivity contribution in [2.45, 2.75) is 17.7 Å². The van der Waals surface area contributed by atoms with Gasteiger partial charge in [0.1, 0.15) is 4.88 Å². The molecule has 6 nitrogen and oxygen atoms in total. The van der Waals surface area contributed by atoms with Gasteiger partial charge in [0.15, 0.2) is 0 Å². The number of carbonyl (C=O) groups excluding carboxylic acids is 1. The van der Waals surface area contributed by atoms with Crippen LogP contribution in [0.3, 0.4) is 0 Å². The number of thiophene rings is 1. The number of nitrogens with zero attached hydrogens (tertiary/aromatic N) is 1. The van der Waals surface area contributed by atoms with Crippen molar-refractivity contribution >= 4 is 27.3 Å². The van der Waals surface area contributed by atoms with Crippen molar-refractivity contribution in [1.82, 2.24) is 9.62 Å². The van der Waals surface area contributed by atoms with Gasteiger partial charge in [0, 0.05) is 18.5 Å². The molecule has 8 heteroatoms. The fourth-order valence-corrected chi connectivity index (χ4v) is 5.24. The van der Waals surface area contributed by atoms with Crippen molar-refractivity contribution in [1.29, 1.82) is 0 Å². The molecule has 21 heavy (non-hydrogen) atoms. The molecule has 0 aliphatic carbocycles. The minimum absolute atomic E-state index is 0.179. The van der Waals surface area contributed by atoms with Gasteiger partial charge in [0.2, 0.25) is 10.0 Å². The summed E-state index contributed by atoms with van der Waals surface area (Å²) in [6.07, 6.45) is 1.89. The molecule has 0 spiro atoms. The van der Waals surface area contributed by atoms with Crippen LogP contribution in [0, 0.1) is 5.92 Å². The molecule has 2 heterocycles. The average molecular weight is 332 g/mol. The maximum atomic E-state index is 12.6. The summed E-state index contributed by atoms with van der Waals surface area (Å²) in [5.74, 6) is -0.176. The molecule has 1 N–H and O–H groups in total. The minimum atomic E-state index is -3.53. The van der Waals surface area contributed by atoms with Crippen LogP contribution in [0.25, 0.3) is 0 Å². The molecule has 1 aromatic heterocycles. The first-order valence-electron chi connectivity index (χ1n) is 6.80. The second-order valence-corrected chi connectivity index (χ2v) is 7.92. The van der Waals surface area contributed by atoms with E-state index in [2.05, 4.69) is 10.1 Å². The van der Waals surface area contributed by atoms with E-state index in [-0.39, 0.29) is 4.90 Å². The second kappa shape index (κ2) is 6.87. The normalized spacial score (nSPS) is 20.4. The maximum Gasteiger partial charge on any atom is 0.348 e. The summed E-state index contributed by atoms with van der Waals surface area (Å²) in [6, 6.07) is 1.40. The molecule has 1 aliphatic heterocycles. The van der Waals surface area contributed by atoms with E-state index in [9.17, 15) is 13.2 Å². The lowest BCUT2D eigenvalue weighted by Gasteiger charge is -2.31. The fraction of sp³-hybridized carbons (Fsp3) is 0.615. The van der Waals surface area contributed by atoms with Crippen molar-refractivity contribution in [2.75, 3.05) is 33.8 Å². The molecular formula is C13H20N2O4S2. The van der Waals surface area contributed by atoms with Crippen LogP contribution in [-0.2, 0) is 14.8 Å². The van der Waals surface area contributed by atoms with Gasteiger partial charge < -0.3 is 10.1 Å². The highest BCUT2D eigenvalue weighted by Gasteiger charge is 2.31. The van der Waals surface area contributed by atoms with Gasteiger partial charge in [-0.05, 0) is 38.4 Å². The third kappa shape index (κ3) is 3.63. The number of methoxy groups -OCH3 is 1. The van der Waals surface area contributed by atoms with Crippen molar-refractivity contribution in [3.63, 3.8) is 0 Å². The molecular weight excluding hydrogens is 312 g/mol. The third-order valence-electron chi connectivity index (χ3n) is 3.57. The Morgan fingerprint density at radius 1 is 1.57 bits per heavy atom. The van der Waals surface area contributed by atoms with Crippen LogP contribution < -0.4 is 5.32 Å². The molecule has 1 saturated heterocycles. The summed E-state index contributed by atoms with van der Waals surface area (Å²) in [6.45, 7) is 1.86. The number of nitrogens with one attached hydrogen (secondary N) is 1. The molecule has 2 rings (SSSR count). The van der Waals surface area contributed by atoms with E-state index in [0.717, 1.165) is 30.7 Å². The minimum Gasteiger partial charge on any atom is -0.465 e. The summed E-state index contributed by atoms with van der Waals surface area (Å²) in [5.41, 5.74) is 0. The zero-order chi connectivity index (χ0) is 15.5. The number of carbonyl (C=O) groups is 1. The molecule has 1 aliphatic rings. The SMILES string of the molecule is CNCC1CCCN(S(=O)(=O)c2csc(C(=O)OC)c2)C1. The summed E-state index contributed by atoms with van der Waals surface area (Å²) in [4.78, 5) is 11.9. The van der Waals surface area contributed by atoms with Gasteiger partial charge in [0.25, 0.3) is 0 Å². The van der Waals surface area contributed by atoms with Crippen LogP contribution in [0.15, 0.2) is 16.3 Å². The number of hydrogen-bond acceptors (Lipinski definition) is 6. The quantitative estimate of drug-likeness (QED) is 0.819. The van der Waals surface area contributed by atoms with Crippen LogP contribution in [-0.4, -0.2) is 52.5 Å². The summed E-state index contributed by atoms with van der Waals surface area (Å²) in [5, 5.41) is 4.60. The Hall–Kier alpha value is -0.960. The Labute approximate surface area is 129 Å². The predicted octanol–water partition coefficient (Wildman–Crippen LogP) is 1.15. The van der Waals surface area contributed by atoms with Crippen molar-refractivity contribution < 1.29 is 17.9 Å². The highest BCUT2D eigenvalue weighted by atomic mass is 32.2. The highest BCUT2D eigenvalue weighted by Crippen LogP contribution is 2.27. The first-order valence-corrected chi connectivity index (χ1v) is 9.12. The molecule has 1 fully saturated rings. The number of hydrogen-bond donors (Lipinski definition) is 1. The van der Waals surface area contributed by atoms with Gasteiger partial charge in [0.05, 0.1) is 12.0 Å². The zero-order valence-electron chi connectivity index (χ0n) is 12.2. The molecule has 118 valence electrons. The highest BCUT2D eigenvalue weighted by molar-refractivity contribution is 7.89. The van der Waals surface area contributed by atoms with E-state index >= 15 is 0 Å². The fourth-order valence-electron chi connectivity index (χ4n) is 2.51. The van der Waals surface area contributed by atoms with E-state index in [1.165, 1.54) is 22.9 Å². The van der Waals surface area contributed by atoms with Crippen LogP contribution >= 0.6 is 11.3 Å². The Kier molecular flexibility index (Phi) is 5.37. The standard InChI is InChI=1S/C13H20N2O4S2/c1-14-7-10-4-3-5-15(8-10)21(17,18)11-6-12(20-9-11)13(16)19-2/h6,9-10,14H,3-5,7-8H2,1-2H3. The van der Waals surface area contributed by atoms with E-state index in [4.69, 9.17) is 0 Å². The van der Waals surface area contributed by atoms with Gasteiger partial charge in [-0.3, -0.25) is 0 Å². The Bertz CT molecular complexity index is 595. The number of piperidine rings is 1. The zero-order valence-corrected chi connectivity index (χ0v) is 13.8. The molecule has 0 saturated carbocycles. The summed E-state index contributed by atoms with van der Waals surface area (Å²) >= 11 is 1.09. The van der Waals surface area contributed by atoms with E-state index in [1.807, 2.05) is 7.05 Å². The molecule has 0 bridgehead atoms. The Morgan fingerprint density at radius 3 is 3.00 bits per heavy atom. The van der Waals surface area contributed by atoms with Crippen molar-refractivity contribution in [3.8, 4) is 0 Å². The third-order valence-corrected chi connectivity index (χ3v) is 6.48. The molecule has 1 atom stereocenters.